The van der Waals surface area contributed by atoms with E-state index in [0.717, 1.165) is 48.5 Å². The van der Waals surface area contributed by atoms with Gasteiger partial charge in [-0.1, -0.05) is 12.2 Å². The highest BCUT2D eigenvalue weighted by Crippen LogP contribution is 2.38. The van der Waals surface area contributed by atoms with Crippen LogP contribution in [0.25, 0.3) is 0 Å². The fraction of sp³-hybridized carbons (Fsp3) is 0.524. The SMILES string of the molecule is COc1ccc(C2=NN(C3CCSCC3)C(=O)[C@@H]3CC=CC[C@H]23)cc1OC. The quantitative estimate of drug-likeness (QED) is 0.740. The van der Waals surface area contributed by atoms with Crippen molar-refractivity contribution in [1.29, 1.82) is 0 Å². The van der Waals surface area contributed by atoms with Gasteiger partial charge < -0.3 is 9.47 Å². The third kappa shape index (κ3) is 3.47. The Bertz CT molecular complexity index is 771. The number of thioether (sulfide) groups is 1. The summed E-state index contributed by atoms with van der Waals surface area (Å²) in [6.07, 6.45) is 8.02. The maximum Gasteiger partial charge on any atom is 0.247 e. The highest BCUT2D eigenvalue weighted by atomic mass is 32.2. The summed E-state index contributed by atoms with van der Waals surface area (Å²) in [5.74, 6) is 3.92. The predicted octanol–water partition coefficient (Wildman–Crippen LogP) is 3.73. The van der Waals surface area contributed by atoms with Crippen molar-refractivity contribution in [3.63, 3.8) is 0 Å². The number of allylic oxidation sites excluding steroid dienone is 2. The Morgan fingerprint density at radius 1 is 1.04 bits per heavy atom. The lowest BCUT2D eigenvalue weighted by atomic mass is 9.76. The first kappa shape index (κ1) is 18.4. The number of nitrogens with zero attached hydrogens (tertiary/aromatic N) is 2. The van der Waals surface area contributed by atoms with E-state index >= 15 is 0 Å². The molecule has 144 valence electrons. The smallest absolute Gasteiger partial charge is 0.247 e. The zero-order chi connectivity index (χ0) is 18.8. The van der Waals surface area contributed by atoms with Gasteiger partial charge in [0.2, 0.25) is 5.91 Å². The van der Waals surface area contributed by atoms with Crippen LogP contribution in [0.5, 0.6) is 11.5 Å². The fourth-order valence-corrected chi connectivity index (χ4v) is 5.34. The van der Waals surface area contributed by atoms with Gasteiger partial charge in [0, 0.05) is 11.5 Å². The summed E-state index contributed by atoms with van der Waals surface area (Å²) < 4.78 is 10.9. The largest absolute Gasteiger partial charge is 0.493 e. The van der Waals surface area contributed by atoms with E-state index in [1.54, 1.807) is 14.2 Å². The number of carbonyl (C=O) groups is 1. The van der Waals surface area contributed by atoms with Gasteiger partial charge in [0.25, 0.3) is 0 Å². The average molecular weight is 387 g/mol. The summed E-state index contributed by atoms with van der Waals surface area (Å²) in [4.78, 5) is 13.2. The topological polar surface area (TPSA) is 51.1 Å². The van der Waals surface area contributed by atoms with E-state index in [9.17, 15) is 4.79 Å². The molecule has 6 heteroatoms. The first-order valence-corrected chi connectivity index (χ1v) is 10.7. The molecule has 1 aromatic rings. The maximum absolute atomic E-state index is 13.2. The number of hydrogen-bond donors (Lipinski definition) is 0. The molecule has 0 aromatic heterocycles. The maximum atomic E-state index is 13.2. The Labute approximate surface area is 164 Å². The molecule has 0 spiro atoms. The Hall–Kier alpha value is -1.95. The average Bonchev–Trinajstić information content (AvgIpc) is 2.74. The molecule has 0 saturated carbocycles. The molecule has 2 atom stereocenters. The van der Waals surface area contributed by atoms with Crippen LogP contribution >= 0.6 is 11.8 Å². The van der Waals surface area contributed by atoms with Gasteiger partial charge in [-0.2, -0.15) is 16.9 Å². The molecule has 1 amide bonds. The van der Waals surface area contributed by atoms with E-state index in [0.29, 0.717) is 11.5 Å². The van der Waals surface area contributed by atoms with Gasteiger partial charge in [-0.3, -0.25) is 4.79 Å². The zero-order valence-electron chi connectivity index (χ0n) is 15.9. The van der Waals surface area contributed by atoms with Crippen LogP contribution in [0.4, 0.5) is 0 Å². The summed E-state index contributed by atoms with van der Waals surface area (Å²) in [6, 6.07) is 6.15. The molecule has 3 aliphatic rings. The van der Waals surface area contributed by atoms with Crippen molar-refractivity contribution < 1.29 is 14.3 Å². The molecule has 0 N–H and O–H groups in total. The van der Waals surface area contributed by atoms with Gasteiger partial charge in [-0.25, -0.2) is 5.01 Å². The summed E-state index contributed by atoms with van der Waals surface area (Å²) in [6.45, 7) is 0. The molecule has 2 heterocycles. The minimum absolute atomic E-state index is 0.00910. The lowest BCUT2D eigenvalue weighted by molar-refractivity contribution is -0.140. The van der Waals surface area contributed by atoms with E-state index in [1.807, 2.05) is 35.0 Å². The number of methoxy groups -OCH3 is 2. The van der Waals surface area contributed by atoms with E-state index in [-0.39, 0.29) is 23.8 Å². The van der Waals surface area contributed by atoms with Crippen LogP contribution in [0.3, 0.4) is 0 Å². The van der Waals surface area contributed by atoms with Crippen molar-refractivity contribution in [3.05, 3.63) is 35.9 Å². The predicted molar refractivity (Wildman–Crippen MR) is 109 cm³/mol. The van der Waals surface area contributed by atoms with Crippen LogP contribution < -0.4 is 9.47 Å². The highest BCUT2D eigenvalue weighted by Gasteiger charge is 2.42. The van der Waals surface area contributed by atoms with Crippen LogP contribution in [-0.4, -0.2) is 48.4 Å². The number of amides is 1. The number of benzene rings is 1. The molecular formula is C21H26N2O3S. The summed E-state index contributed by atoms with van der Waals surface area (Å²) in [5.41, 5.74) is 2.02. The summed E-state index contributed by atoms with van der Waals surface area (Å²) >= 11 is 1.96. The number of fused-ring (bicyclic) bond motifs is 1. The normalized spacial score (nSPS) is 25.8. The van der Waals surface area contributed by atoms with Gasteiger partial charge in [-0.15, -0.1) is 0 Å². The van der Waals surface area contributed by atoms with Gasteiger partial charge in [0.05, 0.1) is 31.9 Å². The molecule has 5 nitrogen and oxygen atoms in total. The Kier molecular flexibility index (Phi) is 5.43. The first-order valence-electron chi connectivity index (χ1n) is 9.59. The van der Waals surface area contributed by atoms with E-state index < -0.39 is 0 Å². The number of carbonyl (C=O) groups excluding carboxylic acids is 1. The van der Waals surface area contributed by atoms with Crippen molar-refractivity contribution in [3.8, 4) is 11.5 Å². The molecule has 27 heavy (non-hydrogen) atoms. The molecule has 1 aliphatic carbocycles. The number of hydrazone groups is 1. The standard InChI is InChI=1S/C21H26N2O3S/c1-25-18-8-7-14(13-19(18)26-2)20-16-5-3-4-6-17(16)21(24)23(22-20)15-9-11-27-12-10-15/h3-4,7-8,13,15-17H,5-6,9-12H2,1-2H3/t16-,17+/m0/s1. The third-order valence-corrected chi connectivity index (χ3v) is 6.81. The molecule has 0 unspecified atom stereocenters. The lowest BCUT2D eigenvalue weighted by Crippen LogP contribution is -2.50. The Morgan fingerprint density at radius 3 is 2.44 bits per heavy atom. The van der Waals surface area contributed by atoms with Crippen LogP contribution in [-0.2, 0) is 4.79 Å². The molecule has 0 radical (unpaired) electrons. The van der Waals surface area contributed by atoms with Crippen LogP contribution in [0, 0.1) is 11.8 Å². The Morgan fingerprint density at radius 2 is 1.74 bits per heavy atom. The van der Waals surface area contributed by atoms with Crippen LogP contribution in [0.15, 0.2) is 35.5 Å². The minimum atomic E-state index is -0.00910. The van der Waals surface area contributed by atoms with Crippen molar-refractivity contribution in [2.24, 2.45) is 16.9 Å². The molecule has 0 bridgehead atoms. The lowest BCUT2D eigenvalue weighted by Gasteiger charge is -2.41. The number of hydrogen-bond acceptors (Lipinski definition) is 5. The van der Waals surface area contributed by atoms with Crippen molar-refractivity contribution in [2.75, 3.05) is 25.7 Å². The zero-order valence-corrected chi connectivity index (χ0v) is 16.7. The molecule has 4 rings (SSSR count). The van der Waals surface area contributed by atoms with Gasteiger partial charge >= 0.3 is 0 Å². The monoisotopic (exact) mass is 386 g/mol. The van der Waals surface area contributed by atoms with Gasteiger partial charge in [0.1, 0.15) is 0 Å². The van der Waals surface area contributed by atoms with Crippen molar-refractivity contribution >= 4 is 23.4 Å². The van der Waals surface area contributed by atoms with E-state index in [4.69, 9.17) is 14.6 Å². The molecule has 1 saturated heterocycles. The molecule has 1 fully saturated rings. The number of ether oxygens (including phenoxy) is 2. The van der Waals surface area contributed by atoms with Gasteiger partial charge in [-0.05, 0) is 55.4 Å². The molecule has 1 aromatic carbocycles. The Balaban J connectivity index is 1.75. The second kappa shape index (κ2) is 7.97. The fourth-order valence-electron chi connectivity index (χ4n) is 4.26. The van der Waals surface area contributed by atoms with Crippen LogP contribution in [0.1, 0.15) is 31.2 Å². The van der Waals surface area contributed by atoms with E-state index in [1.165, 1.54) is 0 Å². The number of rotatable bonds is 4. The molecular weight excluding hydrogens is 360 g/mol. The highest BCUT2D eigenvalue weighted by molar-refractivity contribution is 7.99. The second-order valence-electron chi connectivity index (χ2n) is 7.24. The van der Waals surface area contributed by atoms with Crippen molar-refractivity contribution in [2.45, 2.75) is 31.7 Å². The van der Waals surface area contributed by atoms with Crippen molar-refractivity contribution in [1.82, 2.24) is 5.01 Å². The van der Waals surface area contributed by atoms with Gasteiger partial charge in [0.15, 0.2) is 11.5 Å². The summed E-state index contributed by atoms with van der Waals surface area (Å²) in [7, 11) is 3.28. The third-order valence-electron chi connectivity index (χ3n) is 5.76. The van der Waals surface area contributed by atoms with Crippen LogP contribution in [0.2, 0.25) is 0 Å². The van der Waals surface area contributed by atoms with E-state index in [2.05, 4.69) is 12.2 Å². The summed E-state index contributed by atoms with van der Waals surface area (Å²) in [5, 5.41) is 6.74. The molecule has 2 aliphatic heterocycles. The minimum Gasteiger partial charge on any atom is -0.493 e. The second-order valence-corrected chi connectivity index (χ2v) is 8.46. The first-order chi connectivity index (χ1) is 13.2.